The van der Waals surface area contributed by atoms with Crippen LogP contribution in [-0.2, 0) is 26.5 Å². The summed E-state index contributed by atoms with van der Waals surface area (Å²) in [5.74, 6) is 0. The number of ether oxygens (including phenoxy) is 2. The second-order valence-electron chi connectivity index (χ2n) is 7.02. The molecule has 2 atom stereocenters. The molecule has 28 heavy (non-hydrogen) atoms. The fraction of sp³-hybridized carbons (Fsp3) is 0.556. The Kier molecular flexibility index (Phi) is 5.74. The maximum atomic E-state index is 13.4. The predicted molar refractivity (Wildman–Crippen MR) is 101 cm³/mol. The van der Waals surface area contributed by atoms with Gasteiger partial charge in [-0.15, -0.1) is 0 Å². The van der Waals surface area contributed by atoms with Crippen molar-refractivity contribution in [3.8, 4) is 0 Å². The van der Waals surface area contributed by atoms with Crippen LogP contribution in [0, 0.1) is 0 Å². The van der Waals surface area contributed by atoms with Gasteiger partial charge in [0.2, 0.25) is 10.0 Å². The van der Waals surface area contributed by atoms with Crippen molar-refractivity contribution in [3.05, 3.63) is 42.5 Å². The zero-order valence-corrected chi connectivity index (χ0v) is 16.7. The summed E-state index contributed by atoms with van der Waals surface area (Å²) in [5.41, 5.74) is 0.827. The van der Waals surface area contributed by atoms with E-state index in [0.29, 0.717) is 26.4 Å². The molecule has 0 saturated carbocycles. The second kappa shape index (κ2) is 8.26. The van der Waals surface area contributed by atoms with Crippen LogP contribution in [0.3, 0.4) is 0 Å². The lowest BCUT2D eigenvalue weighted by Gasteiger charge is -2.42. The van der Waals surface area contributed by atoms with Gasteiger partial charge in [-0.3, -0.25) is 14.6 Å². The van der Waals surface area contributed by atoms with Gasteiger partial charge in [-0.2, -0.15) is 9.40 Å². The van der Waals surface area contributed by atoms with Gasteiger partial charge in [-0.25, -0.2) is 8.42 Å². The van der Waals surface area contributed by atoms with Crippen LogP contribution in [0.25, 0.3) is 0 Å². The minimum absolute atomic E-state index is 0.191. The molecule has 2 aromatic heterocycles. The fourth-order valence-electron chi connectivity index (χ4n) is 3.77. The number of aryl methyl sites for hydroxylation is 1. The molecule has 10 heteroatoms. The molecular formula is C18H25N5O4S. The van der Waals surface area contributed by atoms with Crippen LogP contribution < -0.4 is 0 Å². The Labute approximate surface area is 164 Å². The molecular weight excluding hydrogens is 382 g/mol. The Hall–Kier alpha value is -1.85. The third kappa shape index (κ3) is 3.96. The molecule has 152 valence electrons. The molecule has 0 aromatic carbocycles. The highest BCUT2D eigenvalue weighted by Crippen LogP contribution is 2.34. The first-order chi connectivity index (χ1) is 13.6. The van der Waals surface area contributed by atoms with Crippen molar-refractivity contribution < 1.29 is 17.9 Å². The summed E-state index contributed by atoms with van der Waals surface area (Å²) in [6.07, 6.45) is 6.04. The van der Waals surface area contributed by atoms with Crippen molar-refractivity contribution in [2.75, 3.05) is 46.0 Å². The number of sulfonamides is 1. The molecule has 2 aromatic rings. The van der Waals surface area contributed by atoms with Crippen LogP contribution in [0.4, 0.5) is 0 Å². The van der Waals surface area contributed by atoms with Gasteiger partial charge in [-0.05, 0) is 11.6 Å². The summed E-state index contributed by atoms with van der Waals surface area (Å²) in [7, 11) is -2.01. The molecule has 0 amide bonds. The third-order valence-electron chi connectivity index (χ3n) is 5.16. The predicted octanol–water partition coefficient (Wildman–Crippen LogP) is 0.278. The van der Waals surface area contributed by atoms with E-state index in [1.54, 1.807) is 19.4 Å². The van der Waals surface area contributed by atoms with E-state index in [4.69, 9.17) is 9.47 Å². The minimum Gasteiger partial charge on any atom is -0.379 e. The summed E-state index contributed by atoms with van der Waals surface area (Å²) in [6.45, 7) is 4.28. The van der Waals surface area contributed by atoms with Crippen molar-refractivity contribution in [2.24, 2.45) is 7.05 Å². The lowest BCUT2D eigenvalue weighted by atomic mass is 10.0. The van der Waals surface area contributed by atoms with Gasteiger partial charge in [-0.1, -0.05) is 6.07 Å². The number of pyridine rings is 1. The van der Waals surface area contributed by atoms with Gasteiger partial charge in [0.05, 0.1) is 38.2 Å². The zero-order chi connectivity index (χ0) is 19.6. The topological polar surface area (TPSA) is 89.8 Å². The van der Waals surface area contributed by atoms with E-state index in [2.05, 4.69) is 15.0 Å². The van der Waals surface area contributed by atoms with Gasteiger partial charge in [0, 0.05) is 51.8 Å². The standard InChI is InChI=1S/C18H25N5O4S/c1-21-13-16(12-20-21)28(24,25)23-7-10-27-17(14-22-5-8-26-9-6-22)18(23)15-3-2-4-19-11-15/h2-4,11-13,17-18H,5-10,14H2,1H3/t17-,18-/m0/s1. The number of rotatable bonds is 5. The normalized spacial score (nSPS) is 25.0. The number of morpholine rings is 2. The second-order valence-corrected chi connectivity index (χ2v) is 8.91. The number of nitrogens with zero attached hydrogens (tertiary/aromatic N) is 5. The van der Waals surface area contributed by atoms with Crippen LogP contribution in [0.1, 0.15) is 11.6 Å². The monoisotopic (exact) mass is 407 g/mol. The van der Waals surface area contributed by atoms with E-state index >= 15 is 0 Å². The fourth-order valence-corrected chi connectivity index (χ4v) is 5.38. The number of aromatic nitrogens is 3. The van der Waals surface area contributed by atoms with E-state index < -0.39 is 16.1 Å². The lowest BCUT2D eigenvalue weighted by Crippen LogP contribution is -2.53. The quantitative estimate of drug-likeness (QED) is 0.703. The van der Waals surface area contributed by atoms with Crippen LogP contribution >= 0.6 is 0 Å². The van der Waals surface area contributed by atoms with E-state index in [9.17, 15) is 8.42 Å². The third-order valence-corrected chi connectivity index (χ3v) is 7.00. The molecule has 9 nitrogen and oxygen atoms in total. The lowest BCUT2D eigenvalue weighted by molar-refractivity contribution is -0.0690. The Morgan fingerprint density at radius 2 is 2.00 bits per heavy atom. The molecule has 4 heterocycles. The van der Waals surface area contributed by atoms with E-state index in [1.807, 2.05) is 12.1 Å². The summed E-state index contributed by atoms with van der Waals surface area (Å²) < 4.78 is 41.3. The van der Waals surface area contributed by atoms with Gasteiger partial charge in [0.1, 0.15) is 4.90 Å². The van der Waals surface area contributed by atoms with Crippen molar-refractivity contribution in [3.63, 3.8) is 0 Å². The summed E-state index contributed by atoms with van der Waals surface area (Å²) in [4.78, 5) is 6.66. The Bertz CT molecular complexity index is 882. The molecule has 2 saturated heterocycles. The van der Waals surface area contributed by atoms with Gasteiger partial charge in [0.25, 0.3) is 0 Å². The van der Waals surface area contributed by atoms with Gasteiger partial charge in [0.15, 0.2) is 0 Å². The van der Waals surface area contributed by atoms with E-state index in [0.717, 1.165) is 18.7 Å². The molecule has 2 fully saturated rings. The van der Waals surface area contributed by atoms with Crippen LogP contribution in [-0.4, -0.2) is 84.5 Å². The van der Waals surface area contributed by atoms with Crippen LogP contribution in [0.15, 0.2) is 41.8 Å². The summed E-state index contributed by atoms with van der Waals surface area (Å²) >= 11 is 0. The van der Waals surface area contributed by atoms with Crippen molar-refractivity contribution >= 4 is 10.0 Å². The van der Waals surface area contributed by atoms with Gasteiger partial charge < -0.3 is 9.47 Å². The van der Waals surface area contributed by atoms with Crippen molar-refractivity contribution in [2.45, 2.75) is 17.0 Å². The highest BCUT2D eigenvalue weighted by Gasteiger charge is 2.42. The molecule has 4 rings (SSSR count). The highest BCUT2D eigenvalue weighted by molar-refractivity contribution is 7.89. The van der Waals surface area contributed by atoms with Crippen molar-refractivity contribution in [1.29, 1.82) is 0 Å². The molecule has 0 aliphatic carbocycles. The number of hydrogen-bond donors (Lipinski definition) is 0. The summed E-state index contributed by atoms with van der Waals surface area (Å²) in [6, 6.07) is 3.28. The first kappa shape index (κ1) is 19.5. The molecule has 0 bridgehead atoms. The maximum absolute atomic E-state index is 13.4. The van der Waals surface area contributed by atoms with Crippen molar-refractivity contribution in [1.82, 2.24) is 24.0 Å². The summed E-state index contributed by atoms with van der Waals surface area (Å²) in [5, 5.41) is 4.03. The van der Waals surface area contributed by atoms with Crippen LogP contribution in [0.2, 0.25) is 0 Å². The van der Waals surface area contributed by atoms with Crippen LogP contribution in [0.5, 0.6) is 0 Å². The minimum atomic E-state index is -3.71. The highest BCUT2D eigenvalue weighted by atomic mass is 32.2. The molecule has 2 aliphatic rings. The van der Waals surface area contributed by atoms with Gasteiger partial charge >= 0.3 is 0 Å². The maximum Gasteiger partial charge on any atom is 0.246 e. The molecule has 0 spiro atoms. The first-order valence-electron chi connectivity index (χ1n) is 9.38. The average molecular weight is 407 g/mol. The SMILES string of the molecule is Cn1cc(S(=O)(=O)N2CCO[C@@H](CN3CCOCC3)[C@@H]2c2cccnc2)cn1. The average Bonchev–Trinajstić information content (AvgIpc) is 3.16. The Morgan fingerprint density at radius 3 is 2.68 bits per heavy atom. The molecule has 2 aliphatic heterocycles. The first-order valence-corrected chi connectivity index (χ1v) is 10.8. The Balaban J connectivity index is 1.67. The largest absolute Gasteiger partial charge is 0.379 e. The number of hydrogen-bond acceptors (Lipinski definition) is 7. The molecule has 0 N–H and O–H groups in total. The van der Waals surface area contributed by atoms with E-state index in [1.165, 1.54) is 21.4 Å². The molecule has 0 radical (unpaired) electrons. The zero-order valence-electron chi connectivity index (χ0n) is 15.8. The smallest absolute Gasteiger partial charge is 0.246 e. The molecule has 0 unspecified atom stereocenters. The Morgan fingerprint density at radius 1 is 1.18 bits per heavy atom. The van der Waals surface area contributed by atoms with E-state index in [-0.39, 0.29) is 17.5 Å².